The summed E-state index contributed by atoms with van der Waals surface area (Å²) in [6.45, 7) is 4.04. The van der Waals surface area contributed by atoms with Gasteiger partial charge in [0.15, 0.2) is 0 Å². The van der Waals surface area contributed by atoms with E-state index in [2.05, 4.69) is 15.6 Å². The molecular formula is C33H40N4O4S. The van der Waals surface area contributed by atoms with Crippen LogP contribution in [0.15, 0.2) is 47.8 Å². The number of hydrogen-bond donors (Lipinski definition) is 3. The summed E-state index contributed by atoms with van der Waals surface area (Å²) in [6, 6.07) is 12.9. The zero-order chi connectivity index (χ0) is 29.1. The van der Waals surface area contributed by atoms with Crippen molar-refractivity contribution in [3.05, 3.63) is 80.8 Å². The van der Waals surface area contributed by atoms with Crippen LogP contribution in [0.5, 0.6) is 5.75 Å². The van der Waals surface area contributed by atoms with Crippen LogP contribution < -0.4 is 15.4 Å². The van der Waals surface area contributed by atoms with Gasteiger partial charge in [0.05, 0.1) is 24.8 Å². The number of aryl methyl sites for hydroxylation is 1. The highest BCUT2D eigenvalue weighted by atomic mass is 32.1. The molecule has 2 aromatic carbocycles. The number of thiazole rings is 1. The summed E-state index contributed by atoms with van der Waals surface area (Å²) in [5, 5.41) is 21.0. The number of carbonyl (C=O) groups excluding carboxylic acids is 2. The summed E-state index contributed by atoms with van der Waals surface area (Å²) in [4.78, 5) is 34.7. The summed E-state index contributed by atoms with van der Waals surface area (Å²) in [6.07, 6.45) is 5.91. The maximum atomic E-state index is 14.1. The second kappa shape index (κ2) is 12.9. The lowest BCUT2D eigenvalue weighted by Gasteiger charge is -2.29. The van der Waals surface area contributed by atoms with Crippen LogP contribution in [0.2, 0.25) is 0 Å². The van der Waals surface area contributed by atoms with Gasteiger partial charge in [-0.05, 0) is 82.5 Å². The third-order valence-corrected chi connectivity index (χ3v) is 9.82. The summed E-state index contributed by atoms with van der Waals surface area (Å²) in [5.41, 5.74) is 3.76. The molecule has 2 saturated heterocycles. The average molecular weight is 589 g/mol. The van der Waals surface area contributed by atoms with Crippen molar-refractivity contribution in [3.8, 4) is 5.75 Å². The van der Waals surface area contributed by atoms with Gasteiger partial charge in [0, 0.05) is 40.4 Å². The highest BCUT2D eigenvalue weighted by Crippen LogP contribution is 2.36. The van der Waals surface area contributed by atoms with Gasteiger partial charge in [-0.2, -0.15) is 0 Å². The fourth-order valence-electron chi connectivity index (χ4n) is 6.56. The summed E-state index contributed by atoms with van der Waals surface area (Å²) >= 11 is 1.59. The van der Waals surface area contributed by atoms with Gasteiger partial charge >= 0.3 is 0 Å². The first-order chi connectivity index (χ1) is 20.5. The molecule has 8 nitrogen and oxygen atoms in total. The van der Waals surface area contributed by atoms with Gasteiger partial charge in [-0.25, -0.2) is 4.98 Å². The number of ether oxygens (including phenoxy) is 1. The minimum Gasteiger partial charge on any atom is -0.493 e. The Morgan fingerprint density at radius 2 is 2.02 bits per heavy atom. The zero-order valence-corrected chi connectivity index (χ0v) is 25.0. The lowest BCUT2D eigenvalue weighted by atomic mass is 9.93. The van der Waals surface area contributed by atoms with Crippen LogP contribution in [-0.2, 0) is 12.8 Å². The first-order valence-electron chi connectivity index (χ1n) is 15.3. The first-order valence-corrected chi connectivity index (χ1v) is 16.1. The maximum absolute atomic E-state index is 14.1. The molecule has 0 spiro atoms. The number of aromatic nitrogens is 1. The van der Waals surface area contributed by atoms with E-state index in [0.717, 1.165) is 66.9 Å². The van der Waals surface area contributed by atoms with E-state index in [-0.39, 0.29) is 23.9 Å². The zero-order valence-electron chi connectivity index (χ0n) is 24.2. The highest BCUT2D eigenvalue weighted by molar-refractivity contribution is 7.09. The molecule has 3 N–H and O–H groups in total. The van der Waals surface area contributed by atoms with Gasteiger partial charge in [-0.3, -0.25) is 9.59 Å². The van der Waals surface area contributed by atoms with Crippen molar-refractivity contribution in [3.63, 3.8) is 0 Å². The van der Waals surface area contributed by atoms with Crippen molar-refractivity contribution >= 4 is 23.2 Å². The fraction of sp³-hybridized carbons (Fsp3) is 0.485. The molecule has 4 unspecified atom stereocenters. The van der Waals surface area contributed by atoms with Gasteiger partial charge in [-0.15, -0.1) is 11.3 Å². The first kappa shape index (κ1) is 28.8. The van der Waals surface area contributed by atoms with Crippen LogP contribution in [0.3, 0.4) is 0 Å². The second-order valence-corrected chi connectivity index (χ2v) is 12.6. The van der Waals surface area contributed by atoms with E-state index in [9.17, 15) is 14.7 Å². The van der Waals surface area contributed by atoms with Crippen LogP contribution in [0.1, 0.15) is 87.1 Å². The maximum Gasteiger partial charge on any atom is 0.254 e. The minimum absolute atomic E-state index is 0.0579. The van der Waals surface area contributed by atoms with Gasteiger partial charge in [-0.1, -0.05) is 30.3 Å². The Bertz CT molecular complexity index is 1400. The molecule has 4 atom stereocenters. The molecule has 0 radical (unpaired) electrons. The molecular weight excluding hydrogens is 548 g/mol. The lowest BCUT2D eigenvalue weighted by molar-refractivity contribution is 0.0732. The van der Waals surface area contributed by atoms with Gasteiger partial charge < -0.3 is 25.4 Å². The van der Waals surface area contributed by atoms with Crippen molar-refractivity contribution < 1.29 is 19.4 Å². The van der Waals surface area contributed by atoms with Gasteiger partial charge in [0.25, 0.3) is 11.8 Å². The SMILES string of the molecule is Cc1csc(C2CCCN2C(=O)c2cc3c(c(C(=O)NC(Cc4ccccc4)C(O)C4CCCN4)c2)CCCCO3)n1. The molecule has 6 rings (SSSR count). The van der Waals surface area contributed by atoms with E-state index in [1.54, 1.807) is 17.4 Å². The molecule has 42 heavy (non-hydrogen) atoms. The topological polar surface area (TPSA) is 104 Å². The molecule has 4 heterocycles. The molecule has 1 aromatic heterocycles. The number of nitrogens with one attached hydrogen (secondary N) is 2. The molecule has 3 aliphatic rings. The fourth-order valence-corrected chi connectivity index (χ4v) is 7.50. The number of aliphatic hydroxyl groups excluding tert-OH is 1. The predicted octanol–water partition coefficient (Wildman–Crippen LogP) is 4.60. The molecule has 3 aromatic rings. The number of carbonyl (C=O) groups is 2. The molecule has 222 valence electrons. The van der Waals surface area contributed by atoms with Crippen LogP contribution in [0, 0.1) is 6.92 Å². The van der Waals surface area contributed by atoms with E-state index in [1.807, 2.05) is 53.6 Å². The average Bonchev–Trinajstić information content (AvgIpc) is 3.76. The van der Waals surface area contributed by atoms with Gasteiger partial charge in [0.1, 0.15) is 10.8 Å². The quantitative estimate of drug-likeness (QED) is 0.356. The number of nitrogens with zero attached hydrogens (tertiary/aromatic N) is 2. The van der Waals surface area contributed by atoms with E-state index in [4.69, 9.17) is 4.74 Å². The molecule has 3 aliphatic heterocycles. The highest BCUT2D eigenvalue weighted by Gasteiger charge is 2.35. The van der Waals surface area contributed by atoms with Crippen molar-refractivity contribution in [2.75, 3.05) is 19.7 Å². The largest absolute Gasteiger partial charge is 0.493 e. The van der Waals surface area contributed by atoms with Crippen molar-refractivity contribution in [1.82, 2.24) is 20.5 Å². The second-order valence-electron chi connectivity index (χ2n) is 11.8. The smallest absolute Gasteiger partial charge is 0.254 e. The number of benzene rings is 2. The van der Waals surface area contributed by atoms with E-state index < -0.39 is 12.1 Å². The van der Waals surface area contributed by atoms with Gasteiger partial charge in [0.2, 0.25) is 0 Å². The van der Waals surface area contributed by atoms with Crippen LogP contribution in [-0.4, -0.2) is 64.7 Å². The number of fused-ring (bicyclic) bond motifs is 1. The molecule has 2 amide bonds. The van der Waals surface area contributed by atoms with E-state index >= 15 is 0 Å². The Morgan fingerprint density at radius 3 is 2.79 bits per heavy atom. The molecule has 9 heteroatoms. The van der Waals surface area contributed by atoms with Crippen molar-refractivity contribution in [1.29, 1.82) is 0 Å². The third kappa shape index (κ3) is 6.23. The lowest BCUT2D eigenvalue weighted by Crippen LogP contribution is -2.52. The Balaban J connectivity index is 1.31. The number of amides is 2. The minimum atomic E-state index is -0.747. The monoisotopic (exact) mass is 588 g/mol. The molecule has 0 bridgehead atoms. The standard InChI is InChI=1S/C33H40N4O4S/c1-21-20-42-32(35-21)28-13-8-15-37(28)33(40)23-18-25(24-11-5-6-16-41-29(24)19-23)31(39)36-27(17-22-9-3-2-4-10-22)30(38)26-12-7-14-34-26/h2-4,9-10,18-20,26-28,30,34,38H,5-8,11-17H2,1H3,(H,36,39). The molecule has 0 aliphatic carbocycles. The van der Waals surface area contributed by atoms with Crippen LogP contribution in [0.25, 0.3) is 0 Å². The Labute approximate surface area is 251 Å². The Morgan fingerprint density at radius 1 is 1.17 bits per heavy atom. The van der Waals surface area contributed by atoms with E-state index in [0.29, 0.717) is 42.9 Å². The summed E-state index contributed by atoms with van der Waals surface area (Å²) in [5.74, 6) is 0.228. The van der Waals surface area contributed by atoms with Crippen molar-refractivity contribution in [2.24, 2.45) is 0 Å². The molecule has 0 saturated carbocycles. The number of hydrogen-bond acceptors (Lipinski definition) is 7. The normalized spacial score (nSPS) is 21.7. The Kier molecular flexibility index (Phi) is 8.88. The van der Waals surface area contributed by atoms with Crippen LogP contribution in [0.4, 0.5) is 0 Å². The summed E-state index contributed by atoms with van der Waals surface area (Å²) < 4.78 is 6.12. The predicted molar refractivity (Wildman–Crippen MR) is 163 cm³/mol. The van der Waals surface area contributed by atoms with Crippen LogP contribution >= 0.6 is 11.3 Å². The summed E-state index contributed by atoms with van der Waals surface area (Å²) in [7, 11) is 0. The Hall–Kier alpha value is -3.27. The third-order valence-electron chi connectivity index (χ3n) is 8.75. The van der Waals surface area contributed by atoms with Crippen molar-refractivity contribution in [2.45, 2.75) is 82.5 Å². The number of aliphatic hydroxyl groups is 1. The van der Waals surface area contributed by atoms with E-state index in [1.165, 1.54) is 0 Å². The molecule has 2 fully saturated rings. The number of rotatable bonds is 8. The number of likely N-dealkylation sites (tertiary alicyclic amines) is 1.